The van der Waals surface area contributed by atoms with Crippen molar-refractivity contribution in [1.29, 1.82) is 0 Å². The van der Waals surface area contributed by atoms with E-state index in [1.807, 2.05) is 0 Å². The topological polar surface area (TPSA) is 71.4 Å². The predicted octanol–water partition coefficient (Wildman–Crippen LogP) is 4.66. The zero-order valence-electron chi connectivity index (χ0n) is 16.7. The molecule has 1 fully saturated rings. The van der Waals surface area contributed by atoms with Crippen LogP contribution in [0.4, 0.5) is 0 Å². The molecule has 1 aromatic carbocycles. The van der Waals surface area contributed by atoms with Crippen molar-refractivity contribution >= 4 is 15.8 Å². The van der Waals surface area contributed by atoms with E-state index in [1.165, 1.54) is 17.5 Å². The summed E-state index contributed by atoms with van der Waals surface area (Å²) < 4.78 is 24.2. The molecule has 0 saturated heterocycles. The zero-order valence-corrected chi connectivity index (χ0v) is 17.5. The van der Waals surface area contributed by atoms with Gasteiger partial charge in [0.2, 0.25) is 0 Å². The van der Waals surface area contributed by atoms with Gasteiger partial charge in [-0.2, -0.15) is 0 Å². The second-order valence-corrected chi connectivity index (χ2v) is 11.0. The smallest absolute Gasteiger partial charge is 0.303 e. The maximum Gasteiger partial charge on any atom is 0.303 e. The van der Waals surface area contributed by atoms with Crippen molar-refractivity contribution in [2.45, 2.75) is 76.9 Å². The van der Waals surface area contributed by atoms with E-state index in [2.05, 4.69) is 24.3 Å². The molecular weight excluding hydrogens is 360 g/mol. The highest BCUT2D eigenvalue weighted by molar-refractivity contribution is 7.91. The number of carbonyl (C=O) groups is 1. The lowest BCUT2D eigenvalue weighted by molar-refractivity contribution is -0.137. The molecule has 1 aliphatic carbocycles. The van der Waals surface area contributed by atoms with Crippen molar-refractivity contribution in [3.63, 3.8) is 0 Å². The van der Waals surface area contributed by atoms with E-state index in [9.17, 15) is 13.2 Å². The van der Waals surface area contributed by atoms with Crippen molar-refractivity contribution < 1.29 is 18.3 Å². The van der Waals surface area contributed by atoms with Crippen LogP contribution < -0.4 is 0 Å². The lowest BCUT2D eigenvalue weighted by Gasteiger charge is -2.28. The molecular formula is C22H34O4S. The summed E-state index contributed by atoms with van der Waals surface area (Å²) in [6.07, 6.45) is 8.33. The molecule has 0 aliphatic heterocycles. The Kier molecular flexibility index (Phi) is 8.33. The monoisotopic (exact) mass is 394 g/mol. The van der Waals surface area contributed by atoms with Gasteiger partial charge in [0.05, 0.1) is 11.0 Å². The fraction of sp³-hybridized carbons (Fsp3) is 0.682. The van der Waals surface area contributed by atoms with Crippen molar-refractivity contribution in [2.24, 2.45) is 11.8 Å². The number of hydrogen-bond acceptors (Lipinski definition) is 3. The van der Waals surface area contributed by atoms with E-state index in [-0.39, 0.29) is 11.7 Å². The molecule has 0 heterocycles. The van der Waals surface area contributed by atoms with Crippen LogP contribution in [0.1, 0.15) is 69.9 Å². The fourth-order valence-electron chi connectivity index (χ4n) is 3.89. The third-order valence-corrected chi connectivity index (χ3v) is 8.25. The number of carboxylic acid groups (broad SMARTS) is 1. The van der Waals surface area contributed by atoms with Gasteiger partial charge in [0.25, 0.3) is 0 Å². The van der Waals surface area contributed by atoms with E-state index in [4.69, 9.17) is 5.11 Å². The number of sulfone groups is 1. The molecule has 0 spiro atoms. The van der Waals surface area contributed by atoms with Gasteiger partial charge in [-0.3, -0.25) is 4.79 Å². The highest BCUT2D eigenvalue weighted by atomic mass is 32.2. The van der Waals surface area contributed by atoms with Crippen molar-refractivity contribution in [3.8, 4) is 0 Å². The van der Waals surface area contributed by atoms with Gasteiger partial charge in [0, 0.05) is 6.42 Å². The summed E-state index contributed by atoms with van der Waals surface area (Å²) in [5, 5.41) is 8.43. The van der Waals surface area contributed by atoms with Crippen LogP contribution in [0, 0.1) is 11.8 Å². The number of carboxylic acids is 1. The Morgan fingerprint density at radius 3 is 2.04 bits per heavy atom. The summed E-state index contributed by atoms with van der Waals surface area (Å²) >= 11 is 0. The van der Waals surface area contributed by atoms with Crippen molar-refractivity contribution in [1.82, 2.24) is 0 Å². The first-order chi connectivity index (χ1) is 12.8. The molecule has 0 bridgehead atoms. The Bertz CT molecular complexity index is 684. The van der Waals surface area contributed by atoms with Crippen LogP contribution in [-0.2, 0) is 27.5 Å². The molecule has 152 valence electrons. The molecule has 2 rings (SSSR count). The van der Waals surface area contributed by atoms with Gasteiger partial charge in [-0.1, -0.05) is 37.1 Å². The van der Waals surface area contributed by atoms with Gasteiger partial charge in [0.1, 0.15) is 0 Å². The number of hydrogen-bond donors (Lipinski definition) is 1. The molecule has 0 aromatic heterocycles. The van der Waals surface area contributed by atoms with Gasteiger partial charge in [-0.05, 0) is 75.3 Å². The summed E-state index contributed by atoms with van der Waals surface area (Å²) in [7, 11) is -2.92. The average molecular weight is 395 g/mol. The zero-order chi connectivity index (χ0) is 19.9. The number of rotatable bonds is 10. The molecule has 0 atom stereocenters. The van der Waals surface area contributed by atoms with E-state index < -0.39 is 15.8 Å². The minimum Gasteiger partial charge on any atom is -0.481 e. The lowest BCUT2D eigenvalue weighted by atomic mass is 9.80. The summed E-state index contributed by atoms with van der Waals surface area (Å²) in [4.78, 5) is 10.6. The van der Waals surface area contributed by atoms with Gasteiger partial charge >= 0.3 is 5.97 Å². The molecule has 0 unspecified atom stereocenters. The summed E-state index contributed by atoms with van der Waals surface area (Å²) in [5.41, 5.74) is 2.54. The van der Waals surface area contributed by atoms with Crippen molar-refractivity contribution in [3.05, 3.63) is 35.4 Å². The first kappa shape index (κ1) is 21.9. The van der Waals surface area contributed by atoms with E-state index in [0.717, 1.165) is 38.5 Å². The molecule has 27 heavy (non-hydrogen) atoms. The first-order valence-corrected chi connectivity index (χ1v) is 12.0. The molecule has 1 aliphatic rings. The molecule has 4 nitrogen and oxygen atoms in total. The molecule has 1 N–H and O–H groups in total. The van der Waals surface area contributed by atoms with Gasteiger partial charge in [-0.15, -0.1) is 0 Å². The van der Waals surface area contributed by atoms with Crippen LogP contribution in [0.3, 0.4) is 0 Å². The summed E-state index contributed by atoms with van der Waals surface area (Å²) in [5.74, 6) is 0.681. The quantitative estimate of drug-likeness (QED) is 0.627. The maximum atomic E-state index is 12.1. The number of aryl methyl sites for hydroxylation is 2. The normalized spacial score (nSPS) is 20.7. The number of aliphatic carboxylic acids is 1. The lowest BCUT2D eigenvalue weighted by Crippen LogP contribution is -2.26. The van der Waals surface area contributed by atoms with Gasteiger partial charge < -0.3 is 5.11 Å². The fourth-order valence-corrected chi connectivity index (χ4v) is 5.27. The standard InChI is InChI=1S/C22H34O4S/c1-17(2)27(25,26)16-21-14-12-20(13-15-21)11-10-19-8-6-18(7-9-19)4-3-5-22(23)24/h6-9,17,20-21H,3-5,10-16H2,1-2H3,(H,23,24). The summed E-state index contributed by atoms with van der Waals surface area (Å²) in [6.45, 7) is 3.55. The second-order valence-electron chi connectivity index (χ2n) is 8.37. The molecule has 5 heteroatoms. The van der Waals surface area contributed by atoms with Gasteiger partial charge in [0.15, 0.2) is 9.84 Å². The minimum atomic E-state index is -2.92. The van der Waals surface area contributed by atoms with E-state index >= 15 is 0 Å². The van der Waals surface area contributed by atoms with Crippen LogP contribution in [0.15, 0.2) is 24.3 Å². The van der Waals surface area contributed by atoms with Crippen LogP contribution >= 0.6 is 0 Å². The molecule has 1 aromatic rings. The molecule has 0 amide bonds. The predicted molar refractivity (Wildman–Crippen MR) is 110 cm³/mol. The highest BCUT2D eigenvalue weighted by Crippen LogP contribution is 2.33. The Balaban J connectivity index is 1.70. The second kappa shape index (κ2) is 10.3. The van der Waals surface area contributed by atoms with Crippen LogP contribution in [0.5, 0.6) is 0 Å². The number of benzene rings is 1. The Morgan fingerprint density at radius 2 is 1.52 bits per heavy atom. The van der Waals surface area contributed by atoms with Crippen LogP contribution in [0.2, 0.25) is 0 Å². The largest absolute Gasteiger partial charge is 0.481 e. The maximum absolute atomic E-state index is 12.1. The third kappa shape index (κ3) is 7.65. The summed E-state index contributed by atoms with van der Waals surface area (Å²) in [6, 6.07) is 8.56. The van der Waals surface area contributed by atoms with E-state index in [1.54, 1.807) is 13.8 Å². The molecule has 1 saturated carbocycles. The SMILES string of the molecule is CC(C)S(=O)(=O)CC1CCC(CCc2ccc(CCCC(=O)O)cc2)CC1. The third-order valence-electron chi connectivity index (χ3n) is 5.87. The van der Waals surface area contributed by atoms with Crippen LogP contribution in [0.25, 0.3) is 0 Å². The molecule has 0 radical (unpaired) electrons. The highest BCUT2D eigenvalue weighted by Gasteiger charge is 2.27. The van der Waals surface area contributed by atoms with Crippen LogP contribution in [-0.4, -0.2) is 30.5 Å². The van der Waals surface area contributed by atoms with Gasteiger partial charge in [-0.25, -0.2) is 8.42 Å². The average Bonchev–Trinajstić information content (AvgIpc) is 2.61. The minimum absolute atomic E-state index is 0.225. The first-order valence-electron chi connectivity index (χ1n) is 10.3. The Labute approximate surface area is 164 Å². The van der Waals surface area contributed by atoms with E-state index in [0.29, 0.717) is 24.0 Å². The van der Waals surface area contributed by atoms with Crippen molar-refractivity contribution in [2.75, 3.05) is 5.75 Å². The Hall–Kier alpha value is -1.36. The Morgan fingerprint density at radius 1 is 1.00 bits per heavy atom.